The van der Waals surface area contributed by atoms with Crippen molar-refractivity contribution in [2.75, 3.05) is 7.05 Å². The fraction of sp³-hybridized carbons (Fsp3) is 0.467. The first-order chi connectivity index (χ1) is 9.92. The molecule has 2 amide bonds. The highest BCUT2D eigenvalue weighted by atomic mass is 35.5. The molecule has 21 heavy (non-hydrogen) atoms. The van der Waals surface area contributed by atoms with Crippen molar-refractivity contribution in [3.8, 4) is 0 Å². The van der Waals surface area contributed by atoms with Gasteiger partial charge in [0, 0.05) is 24.7 Å². The van der Waals surface area contributed by atoms with E-state index in [0.29, 0.717) is 18.0 Å². The number of hydrogen-bond donors (Lipinski definition) is 2. The van der Waals surface area contributed by atoms with Crippen LogP contribution in [0.15, 0.2) is 24.3 Å². The van der Waals surface area contributed by atoms with Gasteiger partial charge in [-0.15, -0.1) is 0 Å². The number of halogens is 1. The van der Waals surface area contributed by atoms with Crippen molar-refractivity contribution in [3.05, 3.63) is 34.9 Å². The van der Waals surface area contributed by atoms with Crippen LogP contribution in [-0.4, -0.2) is 35.1 Å². The van der Waals surface area contributed by atoms with Gasteiger partial charge in [-0.3, -0.25) is 4.79 Å². The van der Waals surface area contributed by atoms with Crippen LogP contribution in [-0.2, 0) is 11.3 Å². The van der Waals surface area contributed by atoms with E-state index in [1.807, 2.05) is 19.1 Å². The molecule has 5 nitrogen and oxygen atoms in total. The lowest BCUT2D eigenvalue weighted by Crippen LogP contribution is -2.43. The number of hydrogen-bond acceptors (Lipinski definition) is 2. The number of carboxylic acid groups (broad SMARTS) is 1. The fourth-order valence-electron chi connectivity index (χ4n) is 2.00. The highest BCUT2D eigenvalue weighted by molar-refractivity contribution is 6.30. The molecule has 116 valence electrons. The van der Waals surface area contributed by atoms with Gasteiger partial charge in [-0.1, -0.05) is 37.1 Å². The van der Waals surface area contributed by atoms with Crippen LogP contribution in [0, 0.1) is 0 Å². The van der Waals surface area contributed by atoms with Crippen molar-refractivity contribution in [2.45, 2.75) is 38.8 Å². The third kappa shape index (κ3) is 6.49. The lowest BCUT2D eigenvalue weighted by atomic mass is 10.1. The number of carbonyl (C=O) groups excluding carboxylic acids is 1. The average molecular weight is 313 g/mol. The lowest BCUT2D eigenvalue weighted by molar-refractivity contribution is -0.137. The van der Waals surface area contributed by atoms with E-state index in [1.165, 1.54) is 4.90 Å². The zero-order valence-corrected chi connectivity index (χ0v) is 13.1. The molecule has 0 aromatic heterocycles. The molecule has 1 aromatic carbocycles. The molecule has 0 aliphatic carbocycles. The number of urea groups is 1. The van der Waals surface area contributed by atoms with Crippen LogP contribution in [0.3, 0.4) is 0 Å². The zero-order chi connectivity index (χ0) is 15.8. The van der Waals surface area contributed by atoms with Gasteiger partial charge in [0.05, 0.1) is 6.42 Å². The van der Waals surface area contributed by atoms with Gasteiger partial charge in [-0.05, 0) is 24.1 Å². The number of rotatable bonds is 7. The molecular formula is C15H21ClN2O3. The SMILES string of the molecule is CCCC(CC(=O)O)NC(=O)N(C)Cc1ccc(Cl)cc1. The first-order valence-electron chi connectivity index (χ1n) is 6.90. The second kappa shape index (κ2) is 8.52. The van der Waals surface area contributed by atoms with Crippen molar-refractivity contribution in [1.29, 1.82) is 0 Å². The molecular weight excluding hydrogens is 292 g/mol. The van der Waals surface area contributed by atoms with Crippen LogP contribution in [0.2, 0.25) is 5.02 Å². The molecule has 0 bridgehead atoms. The third-order valence-corrected chi connectivity index (χ3v) is 3.32. The number of nitrogens with one attached hydrogen (secondary N) is 1. The van der Waals surface area contributed by atoms with E-state index in [0.717, 1.165) is 12.0 Å². The smallest absolute Gasteiger partial charge is 0.317 e. The minimum absolute atomic E-state index is 0.0611. The van der Waals surface area contributed by atoms with Gasteiger partial charge in [0.25, 0.3) is 0 Å². The van der Waals surface area contributed by atoms with E-state index < -0.39 is 5.97 Å². The summed E-state index contributed by atoms with van der Waals surface area (Å²) >= 11 is 5.81. The quantitative estimate of drug-likeness (QED) is 0.812. The predicted molar refractivity (Wildman–Crippen MR) is 82.4 cm³/mol. The maximum Gasteiger partial charge on any atom is 0.317 e. The Morgan fingerprint density at radius 1 is 1.33 bits per heavy atom. The summed E-state index contributed by atoms with van der Waals surface area (Å²) in [7, 11) is 1.67. The highest BCUT2D eigenvalue weighted by Crippen LogP contribution is 2.11. The molecule has 1 atom stereocenters. The lowest BCUT2D eigenvalue weighted by Gasteiger charge is -2.22. The van der Waals surface area contributed by atoms with Crippen molar-refractivity contribution >= 4 is 23.6 Å². The molecule has 2 N–H and O–H groups in total. The summed E-state index contributed by atoms with van der Waals surface area (Å²) in [5.41, 5.74) is 0.960. The number of aliphatic carboxylic acids is 1. The molecule has 1 aromatic rings. The van der Waals surface area contributed by atoms with Crippen LogP contribution in [0.5, 0.6) is 0 Å². The summed E-state index contributed by atoms with van der Waals surface area (Å²) < 4.78 is 0. The summed E-state index contributed by atoms with van der Waals surface area (Å²) in [6.07, 6.45) is 1.40. The maximum absolute atomic E-state index is 12.1. The van der Waals surface area contributed by atoms with Crippen molar-refractivity contribution in [1.82, 2.24) is 10.2 Å². The number of carboxylic acids is 1. The standard InChI is InChI=1S/C15H21ClN2O3/c1-3-4-13(9-14(19)20)17-15(21)18(2)10-11-5-7-12(16)8-6-11/h5-8,13H,3-4,9-10H2,1-2H3,(H,17,21)(H,19,20). The maximum atomic E-state index is 12.1. The summed E-state index contributed by atoms with van der Waals surface area (Å²) in [4.78, 5) is 24.4. The second-order valence-corrected chi connectivity index (χ2v) is 5.45. The van der Waals surface area contributed by atoms with Gasteiger partial charge in [-0.25, -0.2) is 4.79 Å². The van der Waals surface area contributed by atoms with Gasteiger partial charge in [0.2, 0.25) is 0 Å². The van der Waals surface area contributed by atoms with Gasteiger partial charge >= 0.3 is 12.0 Å². The Labute approximate surface area is 129 Å². The Bertz CT molecular complexity index is 476. The summed E-state index contributed by atoms with van der Waals surface area (Å²) in [6.45, 7) is 2.40. The Morgan fingerprint density at radius 2 is 1.95 bits per heavy atom. The highest BCUT2D eigenvalue weighted by Gasteiger charge is 2.17. The summed E-state index contributed by atoms with van der Waals surface area (Å²) in [5.74, 6) is -0.908. The Morgan fingerprint density at radius 3 is 2.48 bits per heavy atom. The fourth-order valence-corrected chi connectivity index (χ4v) is 2.13. The Kier molecular flexibility index (Phi) is 7.02. The number of nitrogens with zero attached hydrogens (tertiary/aromatic N) is 1. The molecule has 0 aliphatic rings. The van der Waals surface area contributed by atoms with E-state index in [4.69, 9.17) is 16.7 Å². The first kappa shape index (κ1) is 17.3. The normalized spacial score (nSPS) is 11.8. The molecule has 0 spiro atoms. The van der Waals surface area contributed by atoms with Crippen LogP contribution < -0.4 is 5.32 Å². The molecule has 1 rings (SSSR count). The number of amides is 2. The second-order valence-electron chi connectivity index (χ2n) is 5.02. The van der Waals surface area contributed by atoms with E-state index in [-0.39, 0.29) is 18.5 Å². The van der Waals surface area contributed by atoms with Gasteiger partial charge in [0.1, 0.15) is 0 Å². The van der Waals surface area contributed by atoms with Crippen LogP contribution >= 0.6 is 11.6 Å². The first-order valence-corrected chi connectivity index (χ1v) is 7.28. The topological polar surface area (TPSA) is 69.6 Å². The predicted octanol–water partition coefficient (Wildman–Crippen LogP) is 3.12. The van der Waals surface area contributed by atoms with E-state index >= 15 is 0 Å². The zero-order valence-electron chi connectivity index (χ0n) is 12.3. The molecule has 0 heterocycles. The van der Waals surface area contributed by atoms with E-state index in [9.17, 15) is 9.59 Å². The number of benzene rings is 1. The summed E-state index contributed by atoms with van der Waals surface area (Å²) in [6, 6.07) is 6.64. The van der Waals surface area contributed by atoms with Crippen molar-refractivity contribution in [3.63, 3.8) is 0 Å². The molecule has 0 saturated heterocycles. The van der Waals surface area contributed by atoms with Crippen molar-refractivity contribution < 1.29 is 14.7 Å². The largest absolute Gasteiger partial charge is 0.481 e. The molecule has 0 radical (unpaired) electrons. The minimum Gasteiger partial charge on any atom is -0.481 e. The molecule has 0 aliphatic heterocycles. The van der Waals surface area contributed by atoms with E-state index in [1.54, 1.807) is 19.2 Å². The molecule has 6 heteroatoms. The van der Waals surface area contributed by atoms with E-state index in [2.05, 4.69) is 5.32 Å². The Balaban J connectivity index is 2.55. The van der Waals surface area contributed by atoms with Gasteiger partial charge < -0.3 is 15.3 Å². The third-order valence-electron chi connectivity index (χ3n) is 3.07. The van der Waals surface area contributed by atoms with Gasteiger partial charge in [0.15, 0.2) is 0 Å². The molecule has 0 saturated carbocycles. The summed E-state index contributed by atoms with van der Waals surface area (Å²) in [5, 5.41) is 12.3. The molecule has 1 unspecified atom stereocenters. The Hall–Kier alpha value is -1.75. The monoisotopic (exact) mass is 312 g/mol. The minimum atomic E-state index is -0.908. The molecule has 0 fully saturated rings. The van der Waals surface area contributed by atoms with Gasteiger partial charge in [-0.2, -0.15) is 0 Å². The average Bonchev–Trinajstić information content (AvgIpc) is 2.40. The number of carbonyl (C=O) groups is 2. The van der Waals surface area contributed by atoms with Crippen molar-refractivity contribution in [2.24, 2.45) is 0 Å². The van der Waals surface area contributed by atoms with Crippen LogP contribution in [0.25, 0.3) is 0 Å². The van der Waals surface area contributed by atoms with Crippen LogP contribution in [0.4, 0.5) is 4.79 Å². The van der Waals surface area contributed by atoms with Crippen LogP contribution in [0.1, 0.15) is 31.7 Å².